The third-order valence-corrected chi connectivity index (χ3v) is 5.98. The maximum absolute atomic E-state index is 11.1. The molecule has 4 nitrogen and oxygen atoms in total. The lowest BCUT2D eigenvalue weighted by Gasteiger charge is -2.43. The summed E-state index contributed by atoms with van der Waals surface area (Å²) in [6, 6.07) is 11.9. The minimum atomic E-state index is -0.684. The van der Waals surface area contributed by atoms with Crippen molar-refractivity contribution < 1.29 is 9.90 Å². The van der Waals surface area contributed by atoms with Crippen LogP contribution in [0.25, 0.3) is 0 Å². The Balaban J connectivity index is 1.17. The highest BCUT2D eigenvalue weighted by atomic mass is 16.4. The zero-order valence-corrected chi connectivity index (χ0v) is 14.2. The molecule has 2 N–H and O–H groups in total. The van der Waals surface area contributed by atoms with Crippen molar-refractivity contribution in [2.24, 2.45) is 11.8 Å². The molecule has 0 spiro atoms. The van der Waals surface area contributed by atoms with E-state index in [9.17, 15) is 4.79 Å². The molecule has 2 atom stereocenters. The quantitative estimate of drug-likeness (QED) is 0.732. The molecule has 3 aliphatic rings. The van der Waals surface area contributed by atoms with Gasteiger partial charge >= 0.3 is 5.97 Å². The Morgan fingerprint density at radius 1 is 1.17 bits per heavy atom. The maximum Gasteiger partial charge on any atom is 0.317 e. The number of carbonyl (C=O) groups is 1. The first-order chi connectivity index (χ1) is 11.7. The number of rotatable bonds is 9. The molecule has 1 aromatic carbocycles. The number of carboxylic acids is 1. The molecule has 0 unspecified atom stereocenters. The number of benzene rings is 1. The predicted octanol–water partition coefficient (Wildman–Crippen LogP) is 2.71. The van der Waals surface area contributed by atoms with Crippen LogP contribution in [0.15, 0.2) is 30.3 Å². The average molecular weight is 328 g/mol. The van der Waals surface area contributed by atoms with Gasteiger partial charge < -0.3 is 10.4 Å². The van der Waals surface area contributed by atoms with Gasteiger partial charge in [-0.3, -0.25) is 9.69 Å². The van der Waals surface area contributed by atoms with Crippen LogP contribution in [-0.4, -0.2) is 47.7 Å². The number of carboxylic acid groups (broad SMARTS) is 1. The van der Waals surface area contributed by atoms with Gasteiger partial charge in [-0.25, -0.2) is 0 Å². The summed E-state index contributed by atoms with van der Waals surface area (Å²) in [5, 5.41) is 12.8. The highest BCUT2D eigenvalue weighted by Crippen LogP contribution is 2.47. The van der Waals surface area contributed by atoms with Gasteiger partial charge in [0.05, 0.1) is 6.54 Å². The third kappa shape index (κ3) is 3.98. The number of hydrogen-bond donors (Lipinski definition) is 2. The Morgan fingerprint density at radius 2 is 1.92 bits per heavy atom. The lowest BCUT2D eigenvalue weighted by atomic mass is 9.85. The highest BCUT2D eigenvalue weighted by Gasteiger charge is 2.40. The van der Waals surface area contributed by atoms with Crippen molar-refractivity contribution in [3.63, 3.8) is 0 Å². The Kier molecular flexibility index (Phi) is 4.59. The van der Waals surface area contributed by atoms with Crippen LogP contribution >= 0.6 is 0 Å². The number of nitrogens with zero attached hydrogens (tertiary/aromatic N) is 1. The molecule has 1 aromatic rings. The topological polar surface area (TPSA) is 52.6 Å². The lowest BCUT2D eigenvalue weighted by Crippen LogP contribution is -2.54. The molecule has 3 aliphatic carbocycles. The first-order valence-electron chi connectivity index (χ1n) is 9.43. The number of aliphatic carboxylic acids is 1. The van der Waals surface area contributed by atoms with Crippen LogP contribution in [0.2, 0.25) is 0 Å². The Bertz CT molecular complexity index is 566. The third-order valence-electron chi connectivity index (χ3n) is 5.98. The van der Waals surface area contributed by atoms with Gasteiger partial charge in [0.2, 0.25) is 0 Å². The van der Waals surface area contributed by atoms with Crippen LogP contribution in [-0.2, 0) is 4.79 Å². The molecule has 0 aliphatic heterocycles. The fourth-order valence-corrected chi connectivity index (χ4v) is 4.10. The average Bonchev–Trinajstić information content (AvgIpc) is 3.41. The van der Waals surface area contributed by atoms with Crippen LogP contribution in [0.3, 0.4) is 0 Å². The molecule has 130 valence electrons. The van der Waals surface area contributed by atoms with E-state index in [1.54, 1.807) is 0 Å². The van der Waals surface area contributed by atoms with Gasteiger partial charge in [-0.1, -0.05) is 30.3 Å². The zero-order valence-electron chi connectivity index (χ0n) is 14.2. The highest BCUT2D eigenvalue weighted by molar-refractivity contribution is 5.69. The summed E-state index contributed by atoms with van der Waals surface area (Å²) in [6.07, 6.45) is 6.10. The predicted molar refractivity (Wildman–Crippen MR) is 94.0 cm³/mol. The van der Waals surface area contributed by atoms with Crippen molar-refractivity contribution in [2.75, 3.05) is 19.6 Å². The summed E-state index contributed by atoms with van der Waals surface area (Å²) in [4.78, 5) is 13.3. The van der Waals surface area contributed by atoms with E-state index in [0.29, 0.717) is 12.1 Å². The lowest BCUT2D eigenvalue weighted by molar-refractivity contribution is -0.139. The largest absolute Gasteiger partial charge is 0.480 e. The fourth-order valence-electron chi connectivity index (χ4n) is 4.10. The van der Waals surface area contributed by atoms with E-state index in [2.05, 4.69) is 40.5 Å². The normalized spacial score (nSPS) is 31.7. The molecule has 4 rings (SSSR count). The van der Waals surface area contributed by atoms with Crippen LogP contribution in [0.4, 0.5) is 0 Å². The van der Waals surface area contributed by atoms with E-state index in [4.69, 9.17) is 5.11 Å². The summed E-state index contributed by atoms with van der Waals surface area (Å²) < 4.78 is 0. The van der Waals surface area contributed by atoms with Crippen molar-refractivity contribution in [1.29, 1.82) is 0 Å². The Morgan fingerprint density at radius 3 is 2.58 bits per heavy atom. The minimum absolute atomic E-state index is 0.215. The zero-order chi connectivity index (χ0) is 16.5. The molecule has 3 fully saturated rings. The fraction of sp³-hybridized carbons (Fsp3) is 0.650. The van der Waals surface area contributed by atoms with Crippen LogP contribution in [0.5, 0.6) is 0 Å². The molecule has 4 heteroatoms. The van der Waals surface area contributed by atoms with E-state index in [-0.39, 0.29) is 6.54 Å². The van der Waals surface area contributed by atoms with E-state index in [1.165, 1.54) is 24.8 Å². The summed E-state index contributed by atoms with van der Waals surface area (Å²) in [6.45, 7) is 2.31. The molecule has 3 saturated carbocycles. The summed E-state index contributed by atoms with van der Waals surface area (Å²) >= 11 is 0. The van der Waals surface area contributed by atoms with E-state index in [0.717, 1.165) is 43.7 Å². The van der Waals surface area contributed by atoms with Gasteiger partial charge in [0.1, 0.15) is 0 Å². The van der Waals surface area contributed by atoms with Crippen molar-refractivity contribution in [2.45, 2.75) is 50.1 Å². The van der Waals surface area contributed by atoms with Crippen LogP contribution < -0.4 is 5.32 Å². The van der Waals surface area contributed by atoms with Gasteiger partial charge in [-0.2, -0.15) is 0 Å². The van der Waals surface area contributed by atoms with Crippen LogP contribution in [0, 0.1) is 11.8 Å². The molecule has 0 saturated heterocycles. The molecule has 0 aromatic heterocycles. The van der Waals surface area contributed by atoms with E-state index < -0.39 is 5.97 Å². The van der Waals surface area contributed by atoms with E-state index >= 15 is 0 Å². The summed E-state index contributed by atoms with van der Waals surface area (Å²) in [5.41, 5.74) is 1.48. The van der Waals surface area contributed by atoms with Crippen LogP contribution in [0.1, 0.15) is 43.6 Å². The van der Waals surface area contributed by atoms with E-state index in [1.807, 2.05) is 0 Å². The molecule has 24 heavy (non-hydrogen) atoms. The first-order valence-corrected chi connectivity index (χ1v) is 9.43. The van der Waals surface area contributed by atoms with Gasteiger partial charge in [0, 0.05) is 18.6 Å². The SMILES string of the molecule is O=C(O)CN(CC1CC1)C1CC(NC[C@@H]2C[C@H]2c2ccccc2)C1. The van der Waals surface area contributed by atoms with Crippen molar-refractivity contribution in [1.82, 2.24) is 10.2 Å². The second-order valence-corrected chi connectivity index (χ2v) is 8.01. The molecule has 0 heterocycles. The minimum Gasteiger partial charge on any atom is -0.480 e. The van der Waals surface area contributed by atoms with Crippen molar-refractivity contribution in [3.8, 4) is 0 Å². The van der Waals surface area contributed by atoms with Crippen molar-refractivity contribution in [3.05, 3.63) is 35.9 Å². The summed E-state index contributed by atoms with van der Waals surface area (Å²) in [5.74, 6) is 1.60. The van der Waals surface area contributed by atoms with Gasteiger partial charge in [-0.15, -0.1) is 0 Å². The first kappa shape index (κ1) is 16.1. The molecule has 0 amide bonds. The second kappa shape index (κ2) is 6.85. The monoisotopic (exact) mass is 328 g/mol. The second-order valence-electron chi connectivity index (χ2n) is 8.01. The molecule has 0 bridgehead atoms. The number of nitrogens with one attached hydrogen (secondary N) is 1. The van der Waals surface area contributed by atoms with Crippen molar-refractivity contribution >= 4 is 5.97 Å². The van der Waals surface area contributed by atoms with Gasteiger partial charge in [0.15, 0.2) is 0 Å². The Hall–Kier alpha value is -1.39. The Labute approximate surface area is 144 Å². The molecular weight excluding hydrogens is 300 g/mol. The molecular formula is C20H28N2O2. The maximum atomic E-state index is 11.1. The van der Waals surface area contributed by atoms with Gasteiger partial charge in [0.25, 0.3) is 0 Å². The summed E-state index contributed by atoms with van der Waals surface area (Å²) in [7, 11) is 0. The molecule has 0 radical (unpaired) electrons. The smallest absolute Gasteiger partial charge is 0.317 e. The standard InChI is InChI=1S/C20H28N2O2/c23-20(24)13-22(12-14-6-7-14)18-9-17(10-18)21-11-16-8-19(16)15-4-2-1-3-5-15/h1-5,14,16-19,21H,6-13H2,(H,23,24)/t16-,17?,18?,19-/m0/s1. The number of hydrogen-bond acceptors (Lipinski definition) is 3. The van der Waals surface area contributed by atoms with Gasteiger partial charge in [-0.05, 0) is 62.0 Å².